The summed E-state index contributed by atoms with van der Waals surface area (Å²) < 4.78 is 32.0. The molecule has 2 atom stereocenters. The van der Waals surface area contributed by atoms with Crippen LogP contribution in [0, 0.1) is 11.6 Å². The molecule has 0 saturated heterocycles. The van der Waals surface area contributed by atoms with Crippen LogP contribution in [0.25, 0.3) is 11.1 Å². The van der Waals surface area contributed by atoms with Gasteiger partial charge in [-0.2, -0.15) is 0 Å². The van der Waals surface area contributed by atoms with Gasteiger partial charge >= 0.3 is 5.97 Å². The van der Waals surface area contributed by atoms with Gasteiger partial charge in [-0.1, -0.05) is 29.6 Å². The monoisotopic (exact) mass is 554 g/mol. The van der Waals surface area contributed by atoms with Crippen LogP contribution in [-0.2, 0) is 23.9 Å². The number of ether oxygens (including phenoxy) is 1. The molecule has 0 spiro atoms. The van der Waals surface area contributed by atoms with Crippen LogP contribution in [0.2, 0.25) is 0 Å². The van der Waals surface area contributed by atoms with Crippen LogP contribution in [0.5, 0.6) is 5.75 Å². The Balaban J connectivity index is 2.14. The fourth-order valence-electron chi connectivity index (χ4n) is 3.06. The molecule has 2 amide bonds. The van der Waals surface area contributed by atoms with Gasteiger partial charge in [-0.05, 0) is 29.8 Å². The summed E-state index contributed by atoms with van der Waals surface area (Å²) in [5.74, 6) is -4.22. The molecule has 0 aliphatic heterocycles. The molecule has 0 heterocycles. The number of benzene rings is 2. The van der Waals surface area contributed by atoms with Crippen molar-refractivity contribution in [3.8, 4) is 16.9 Å². The Bertz CT molecular complexity index is 1210. The van der Waals surface area contributed by atoms with Gasteiger partial charge in [0.2, 0.25) is 22.0 Å². The number of halogens is 2. The van der Waals surface area contributed by atoms with Gasteiger partial charge < -0.3 is 20.5 Å². The average Bonchev–Trinajstić information content (AvgIpc) is 2.83. The van der Waals surface area contributed by atoms with Crippen LogP contribution >= 0.6 is 23.5 Å². The first-order valence-electron chi connectivity index (χ1n) is 10.7. The van der Waals surface area contributed by atoms with Crippen LogP contribution in [-0.4, -0.2) is 63.8 Å². The molecule has 0 aliphatic carbocycles. The zero-order chi connectivity index (χ0) is 27.7. The van der Waals surface area contributed by atoms with E-state index in [1.54, 1.807) is 0 Å². The molecule has 0 saturated carbocycles. The lowest BCUT2D eigenvalue weighted by Gasteiger charge is -2.18. The third-order valence-corrected chi connectivity index (χ3v) is 6.81. The smallest absolute Gasteiger partial charge is 0.329 e. The van der Waals surface area contributed by atoms with Gasteiger partial charge in [-0.15, -0.1) is 0 Å². The van der Waals surface area contributed by atoms with E-state index in [-0.39, 0.29) is 28.2 Å². The molecule has 2 aromatic rings. The molecule has 0 unspecified atom stereocenters. The van der Waals surface area contributed by atoms with Crippen molar-refractivity contribution in [2.45, 2.75) is 25.9 Å². The number of rotatable bonds is 10. The van der Waals surface area contributed by atoms with E-state index in [4.69, 9.17) is 0 Å². The fourth-order valence-corrected chi connectivity index (χ4v) is 4.93. The van der Waals surface area contributed by atoms with E-state index in [0.29, 0.717) is 29.6 Å². The molecular weight excluding hydrogens is 530 g/mol. The topological polar surface area (TPSA) is 139 Å². The van der Waals surface area contributed by atoms with Gasteiger partial charge in [0.15, 0.2) is 0 Å². The molecule has 0 radical (unpaired) electrons. The maximum atomic E-state index is 14.2. The van der Waals surface area contributed by atoms with Crippen molar-refractivity contribution in [1.82, 2.24) is 10.6 Å². The van der Waals surface area contributed by atoms with Gasteiger partial charge in [0.1, 0.15) is 29.5 Å². The number of phenolic OH excluding ortho intramolecular Hbond substituents is 1. The Kier molecular flexibility index (Phi) is 11.1. The minimum atomic E-state index is -1.15. The standard InChI is InChI=1S/C24H24F2N2O7S2/c1-12(29)27-19(22(32)35-3)10-37-24(34)20(28-13(2)30)11-36-23(33)17-8-14(4-7-21(17)31)16-6-5-15(25)9-18(16)26/h4-9,19-20,31H,10-11H2,1-3H3,(H,27,29)(H,28,30)/t19-,20-/m0/s1. The molecular formula is C24H24F2N2O7S2. The van der Waals surface area contributed by atoms with E-state index in [2.05, 4.69) is 15.4 Å². The Labute approximate surface area is 219 Å². The molecule has 37 heavy (non-hydrogen) atoms. The summed E-state index contributed by atoms with van der Waals surface area (Å²) in [5, 5.41) is 13.7. The van der Waals surface area contributed by atoms with E-state index >= 15 is 0 Å². The van der Waals surface area contributed by atoms with Crippen LogP contribution in [0.1, 0.15) is 24.2 Å². The highest BCUT2D eigenvalue weighted by Crippen LogP contribution is 2.31. The highest BCUT2D eigenvalue weighted by Gasteiger charge is 2.27. The van der Waals surface area contributed by atoms with Crippen LogP contribution in [0.3, 0.4) is 0 Å². The Morgan fingerprint density at radius 3 is 2.14 bits per heavy atom. The largest absolute Gasteiger partial charge is 0.507 e. The average molecular weight is 555 g/mol. The maximum absolute atomic E-state index is 14.2. The van der Waals surface area contributed by atoms with Crippen LogP contribution < -0.4 is 10.6 Å². The van der Waals surface area contributed by atoms with Crippen molar-refractivity contribution in [3.05, 3.63) is 53.6 Å². The Hall–Kier alpha value is -3.45. The maximum Gasteiger partial charge on any atom is 0.329 e. The molecule has 198 valence electrons. The summed E-state index contributed by atoms with van der Waals surface area (Å²) in [4.78, 5) is 60.3. The number of esters is 1. The summed E-state index contributed by atoms with van der Waals surface area (Å²) in [5.41, 5.74) is 0.0583. The summed E-state index contributed by atoms with van der Waals surface area (Å²) >= 11 is 1.28. The normalized spacial score (nSPS) is 12.2. The molecule has 0 aromatic heterocycles. The van der Waals surface area contributed by atoms with Gasteiger partial charge in [0, 0.05) is 37.0 Å². The summed E-state index contributed by atoms with van der Waals surface area (Å²) in [6, 6.07) is 4.48. The molecule has 3 N–H and O–H groups in total. The summed E-state index contributed by atoms with van der Waals surface area (Å²) in [6.07, 6.45) is 0. The lowest BCUT2D eigenvalue weighted by atomic mass is 10.0. The van der Waals surface area contributed by atoms with Crippen molar-refractivity contribution in [2.24, 2.45) is 0 Å². The number of carbonyl (C=O) groups is 5. The molecule has 0 fully saturated rings. The SMILES string of the molecule is COC(=O)[C@H](CSC(=O)[C@H](CSC(=O)c1cc(-c2ccc(F)cc2F)ccc1O)NC(C)=O)NC(C)=O. The summed E-state index contributed by atoms with van der Waals surface area (Å²) in [6.45, 7) is 2.37. The predicted molar refractivity (Wildman–Crippen MR) is 135 cm³/mol. The van der Waals surface area contributed by atoms with Crippen molar-refractivity contribution in [3.63, 3.8) is 0 Å². The van der Waals surface area contributed by atoms with Crippen molar-refractivity contribution < 1.29 is 42.6 Å². The Morgan fingerprint density at radius 1 is 0.919 bits per heavy atom. The third kappa shape index (κ3) is 8.86. The van der Waals surface area contributed by atoms with E-state index in [1.807, 2.05) is 0 Å². The van der Waals surface area contributed by atoms with Crippen LogP contribution in [0.4, 0.5) is 8.78 Å². The number of phenols is 1. The first kappa shape index (κ1) is 29.8. The number of hydrogen-bond acceptors (Lipinski definition) is 9. The molecule has 0 aliphatic rings. The molecule has 2 aromatic carbocycles. The van der Waals surface area contributed by atoms with Crippen LogP contribution in [0.15, 0.2) is 36.4 Å². The predicted octanol–water partition coefficient (Wildman–Crippen LogP) is 2.65. The number of thioether (sulfide) groups is 2. The zero-order valence-corrected chi connectivity index (χ0v) is 21.6. The number of aromatic hydroxyl groups is 1. The second-order valence-corrected chi connectivity index (χ2v) is 9.63. The van der Waals surface area contributed by atoms with Gasteiger partial charge in [-0.25, -0.2) is 13.6 Å². The first-order valence-corrected chi connectivity index (χ1v) is 12.6. The molecule has 9 nitrogen and oxygen atoms in total. The summed E-state index contributed by atoms with van der Waals surface area (Å²) in [7, 11) is 1.13. The number of carbonyl (C=O) groups excluding carboxylic acids is 5. The third-order valence-electron chi connectivity index (χ3n) is 4.76. The molecule has 13 heteroatoms. The van der Waals surface area contributed by atoms with Crippen molar-refractivity contribution in [1.29, 1.82) is 0 Å². The highest BCUT2D eigenvalue weighted by atomic mass is 32.2. The van der Waals surface area contributed by atoms with E-state index < -0.39 is 57.5 Å². The van der Waals surface area contributed by atoms with Crippen molar-refractivity contribution >= 4 is 51.5 Å². The second kappa shape index (κ2) is 13.7. The quantitative estimate of drug-likeness (QED) is 0.378. The zero-order valence-electron chi connectivity index (χ0n) is 20.0. The molecule has 0 bridgehead atoms. The number of methoxy groups -OCH3 is 1. The number of hydrogen-bond donors (Lipinski definition) is 3. The first-order chi connectivity index (χ1) is 17.4. The number of nitrogens with one attached hydrogen (secondary N) is 2. The minimum Gasteiger partial charge on any atom is -0.507 e. The van der Waals surface area contributed by atoms with E-state index in [0.717, 1.165) is 13.2 Å². The van der Waals surface area contributed by atoms with E-state index in [9.17, 15) is 37.9 Å². The van der Waals surface area contributed by atoms with Gasteiger partial charge in [0.05, 0.1) is 12.7 Å². The van der Waals surface area contributed by atoms with Gasteiger partial charge in [0.25, 0.3) is 0 Å². The molecule has 2 rings (SSSR count). The number of amides is 2. The highest BCUT2D eigenvalue weighted by molar-refractivity contribution is 8.15. The Morgan fingerprint density at radius 2 is 1.54 bits per heavy atom. The van der Waals surface area contributed by atoms with E-state index in [1.165, 1.54) is 38.1 Å². The van der Waals surface area contributed by atoms with Crippen molar-refractivity contribution in [2.75, 3.05) is 18.6 Å². The fraction of sp³-hybridized carbons (Fsp3) is 0.292. The minimum absolute atomic E-state index is 0.0162. The lowest BCUT2D eigenvalue weighted by molar-refractivity contribution is -0.144. The van der Waals surface area contributed by atoms with Gasteiger partial charge in [-0.3, -0.25) is 19.2 Å². The lowest BCUT2D eigenvalue weighted by Crippen LogP contribution is -2.44. The second-order valence-electron chi connectivity index (χ2n) is 7.61.